The van der Waals surface area contributed by atoms with Crippen LogP contribution in [0.25, 0.3) is 0 Å². The fourth-order valence-electron chi connectivity index (χ4n) is 3.33. The van der Waals surface area contributed by atoms with Crippen LogP contribution in [-0.2, 0) is 0 Å². The summed E-state index contributed by atoms with van der Waals surface area (Å²) in [6, 6.07) is 1.54. The van der Waals surface area contributed by atoms with E-state index < -0.39 is 0 Å². The summed E-state index contributed by atoms with van der Waals surface area (Å²) >= 11 is 0. The van der Waals surface area contributed by atoms with Crippen molar-refractivity contribution in [3.05, 3.63) is 0 Å². The third kappa shape index (κ3) is 3.48. The fourth-order valence-corrected chi connectivity index (χ4v) is 3.33. The Morgan fingerprint density at radius 3 is 2.33 bits per heavy atom. The minimum Gasteiger partial charge on any atom is -0.311 e. The molecule has 1 aliphatic heterocycles. The number of nitrogens with one attached hydrogen (secondary N) is 1. The Hall–Kier alpha value is -0.0800. The van der Waals surface area contributed by atoms with Crippen LogP contribution in [0.2, 0.25) is 0 Å². The summed E-state index contributed by atoms with van der Waals surface area (Å²) in [7, 11) is 0. The number of nitrogens with zero attached hydrogens (tertiary/aromatic N) is 1. The molecule has 0 radical (unpaired) electrons. The van der Waals surface area contributed by atoms with Gasteiger partial charge in [-0.1, -0.05) is 40.5 Å². The van der Waals surface area contributed by atoms with E-state index in [0.29, 0.717) is 6.04 Å². The van der Waals surface area contributed by atoms with Crippen molar-refractivity contribution in [2.75, 3.05) is 19.6 Å². The highest BCUT2D eigenvalue weighted by molar-refractivity contribution is 4.96. The highest BCUT2D eigenvalue weighted by atomic mass is 15.2. The molecule has 18 heavy (non-hydrogen) atoms. The van der Waals surface area contributed by atoms with Gasteiger partial charge in [0.25, 0.3) is 0 Å². The van der Waals surface area contributed by atoms with E-state index in [4.69, 9.17) is 0 Å². The van der Waals surface area contributed by atoms with Crippen LogP contribution >= 0.6 is 0 Å². The lowest BCUT2D eigenvalue weighted by molar-refractivity contribution is 0.0814. The Morgan fingerprint density at radius 2 is 1.83 bits per heavy atom. The molecule has 0 aromatic heterocycles. The molecule has 1 N–H and O–H groups in total. The van der Waals surface area contributed by atoms with Gasteiger partial charge in [-0.05, 0) is 30.6 Å². The summed E-state index contributed by atoms with van der Waals surface area (Å²) in [5.41, 5.74) is 0. The number of rotatable bonds is 6. The highest BCUT2D eigenvalue weighted by Gasteiger charge is 2.39. The van der Waals surface area contributed by atoms with Crippen LogP contribution in [-0.4, -0.2) is 36.6 Å². The van der Waals surface area contributed by atoms with E-state index in [1.54, 1.807) is 0 Å². The molecule has 1 aliphatic carbocycles. The second-order valence-corrected chi connectivity index (χ2v) is 6.80. The maximum Gasteiger partial charge on any atom is 0.0249 e. The fraction of sp³-hybridized carbons (Fsp3) is 1.00. The van der Waals surface area contributed by atoms with E-state index in [0.717, 1.165) is 23.8 Å². The minimum absolute atomic E-state index is 0.703. The van der Waals surface area contributed by atoms with Crippen molar-refractivity contribution in [2.45, 2.75) is 65.5 Å². The first-order valence-electron chi connectivity index (χ1n) is 8.13. The standard InChI is InChI=1S/C16H32N2/c1-5-13(6-2)10-18-11-15(12(3)4)17-9-16(18)14-7-8-14/h12-17H,5-11H2,1-4H3. The molecular weight excluding hydrogens is 220 g/mol. The van der Waals surface area contributed by atoms with Crippen molar-refractivity contribution in [2.24, 2.45) is 17.8 Å². The topological polar surface area (TPSA) is 15.3 Å². The third-order valence-electron chi connectivity index (χ3n) is 5.11. The van der Waals surface area contributed by atoms with Crippen LogP contribution in [0.1, 0.15) is 53.4 Å². The van der Waals surface area contributed by atoms with Gasteiger partial charge in [-0.25, -0.2) is 0 Å². The Kier molecular flexibility index (Phi) is 5.08. The molecule has 1 saturated carbocycles. The summed E-state index contributed by atoms with van der Waals surface area (Å²) in [6.45, 7) is 13.2. The van der Waals surface area contributed by atoms with E-state index in [9.17, 15) is 0 Å². The Balaban J connectivity index is 1.95. The summed E-state index contributed by atoms with van der Waals surface area (Å²) in [4.78, 5) is 2.83. The first-order valence-corrected chi connectivity index (χ1v) is 8.13. The van der Waals surface area contributed by atoms with Gasteiger partial charge >= 0.3 is 0 Å². The molecule has 2 atom stereocenters. The molecule has 2 aliphatic rings. The van der Waals surface area contributed by atoms with Crippen LogP contribution in [0.5, 0.6) is 0 Å². The molecule has 2 fully saturated rings. The van der Waals surface area contributed by atoms with Crippen molar-refractivity contribution in [1.29, 1.82) is 0 Å². The van der Waals surface area contributed by atoms with Crippen molar-refractivity contribution < 1.29 is 0 Å². The zero-order valence-electron chi connectivity index (χ0n) is 12.8. The third-order valence-corrected chi connectivity index (χ3v) is 5.11. The van der Waals surface area contributed by atoms with Crippen LogP contribution in [0, 0.1) is 17.8 Å². The molecule has 0 spiro atoms. The lowest BCUT2D eigenvalue weighted by atomic mass is 9.94. The van der Waals surface area contributed by atoms with Gasteiger partial charge in [-0.3, -0.25) is 4.90 Å². The molecule has 0 amide bonds. The van der Waals surface area contributed by atoms with Gasteiger partial charge in [-0.2, -0.15) is 0 Å². The Labute approximate surface area is 114 Å². The summed E-state index contributed by atoms with van der Waals surface area (Å²) in [5.74, 6) is 2.66. The van der Waals surface area contributed by atoms with Gasteiger partial charge in [0.2, 0.25) is 0 Å². The maximum absolute atomic E-state index is 3.79. The van der Waals surface area contributed by atoms with Gasteiger partial charge in [-0.15, -0.1) is 0 Å². The summed E-state index contributed by atoms with van der Waals surface area (Å²) in [5, 5.41) is 3.79. The molecule has 2 heteroatoms. The van der Waals surface area contributed by atoms with Crippen molar-refractivity contribution in [3.8, 4) is 0 Å². The van der Waals surface area contributed by atoms with Crippen molar-refractivity contribution >= 4 is 0 Å². The Bertz CT molecular complexity index is 241. The van der Waals surface area contributed by atoms with E-state index in [1.807, 2.05) is 0 Å². The smallest absolute Gasteiger partial charge is 0.0249 e. The second-order valence-electron chi connectivity index (χ2n) is 6.80. The first kappa shape index (κ1) is 14.3. The molecule has 2 rings (SSSR count). The molecule has 0 bridgehead atoms. The van der Waals surface area contributed by atoms with Crippen LogP contribution in [0.4, 0.5) is 0 Å². The molecule has 2 unspecified atom stereocenters. The van der Waals surface area contributed by atoms with Crippen LogP contribution in [0.15, 0.2) is 0 Å². The second kappa shape index (κ2) is 6.38. The normalized spacial score (nSPS) is 30.3. The quantitative estimate of drug-likeness (QED) is 0.781. The van der Waals surface area contributed by atoms with E-state index in [2.05, 4.69) is 37.9 Å². The molecule has 2 nitrogen and oxygen atoms in total. The van der Waals surface area contributed by atoms with Crippen molar-refractivity contribution in [1.82, 2.24) is 10.2 Å². The number of piperazine rings is 1. The molecule has 106 valence electrons. The summed E-state index contributed by atoms with van der Waals surface area (Å²) < 4.78 is 0. The monoisotopic (exact) mass is 252 g/mol. The van der Waals surface area contributed by atoms with Gasteiger partial charge in [0, 0.05) is 31.7 Å². The predicted octanol–water partition coefficient (Wildman–Crippen LogP) is 3.13. The van der Waals surface area contributed by atoms with Gasteiger partial charge in [0.1, 0.15) is 0 Å². The number of hydrogen-bond donors (Lipinski definition) is 1. The highest BCUT2D eigenvalue weighted by Crippen LogP contribution is 2.37. The Morgan fingerprint density at radius 1 is 1.17 bits per heavy atom. The van der Waals surface area contributed by atoms with Crippen LogP contribution in [0.3, 0.4) is 0 Å². The SMILES string of the molecule is CCC(CC)CN1CC(C(C)C)NCC1C1CC1. The van der Waals surface area contributed by atoms with E-state index in [-0.39, 0.29) is 0 Å². The first-order chi connectivity index (χ1) is 8.65. The average molecular weight is 252 g/mol. The lowest BCUT2D eigenvalue weighted by Gasteiger charge is -2.43. The van der Waals surface area contributed by atoms with Crippen molar-refractivity contribution in [3.63, 3.8) is 0 Å². The summed E-state index contributed by atoms with van der Waals surface area (Å²) in [6.07, 6.45) is 5.62. The molecular formula is C16H32N2. The number of hydrogen-bond acceptors (Lipinski definition) is 2. The van der Waals surface area contributed by atoms with E-state index >= 15 is 0 Å². The zero-order valence-corrected chi connectivity index (χ0v) is 12.8. The molecule has 1 heterocycles. The molecule has 0 aromatic rings. The van der Waals surface area contributed by atoms with E-state index in [1.165, 1.54) is 45.3 Å². The van der Waals surface area contributed by atoms with Crippen LogP contribution < -0.4 is 5.32 Å². The average Bonchev–Trinajstić information content (AvgIpc) is 3.19. The van der Waals surface area contributed by atoms with Gasteiger partial charge < -0.3 is 5.32 Å². The van der Waals surface area contributed by atoms with Gasteiger partial charge in [0.15, 0.2) is 0 Å². The molecule has 0 aromatic carbocycles. The predicted molar refractivity (Wildman–Crippen MR) is 78.8 cm³/mol. The maximum atomic E-state index is 3.79. The lowest BCUT2D eigenvalue weighted by Crippen LogP contribution is -2.59. The minimum atomic E-state index is 0.703. The van der Waals surface area contributed by atoms with Gasteiger partial charge in [0.05, 0.1) is 0 Å². The largest absolute Gasteiger partial charge is 0.311 e. The zero-order chi connectivity index (χ0) is 13.1. The molecule has 1 saturated heterocycles.